The summed E-state index contributed by atoms with van der Waals surface area (Å²) < 4.78 is 12.7. The molecule has 5 nitrogen and oxygen atoms in total. The summed E-state index contributed by atoms with van der Waals surface area (Å²) in [6, 6.07) is 0.525. The zero-order chi connectivity index (χ0) is 14.4. The highest BCUT2D eigenvalue weighted by molar-refractivity contribution is 5.28. The Hall–Kier alpha value is -1.07. The van der Waals surface area contributed by atoms with Crippen LogP contribution in [0, 0.1) is 5.92 Å². The Morgan fingerprint density at radius 3 is 2.47 bits per heavy atom. The lowest BCUT2D eigenvalue weighted by Crippen LogP contribution is -2.25. The van der Waals surface area contributed by atoms with Crippen LogP contribution < -0.4 is 10.1 Å². The number of hydrogen-bond acceptors (Lipinski definition) is 4. The Morgan fingerprint density at radius 1 is 1.32 bits per heavy atom. The molecular weight excluding hydrogens is 242 g/mol. The molecule has 2 atom stereocenters. The fourth-order valence-electron chi connectivity index (χ4n) is 2.38. The van der Waals surface area contributed by atoms with Crippen molar-refractivity contribution in [1.29, 1.82) is 0 Å². The van der Waals surface area contributed by atoms with Gasteiger partial charge in [-0.3, -0.25) is 4.68 Å². The molecule has 0 aromatic carbocycles. The van der Waals surface area contributed by atoms with E-state index in [0.717, 1.165) is 24.5 Å². The molecule has 0 aliphatic rings. The third-order valence-corrected chi connectivity index (χ3v) is 3.28. The summed E-state index contributed by atoms with van der Waals surface area (Å²) in [6.45, 7) is 7.20. The SMILES string of the molecule is CNC(CC(C)COC)c1c(OC)cnn1C(C)C. The lowest BCUT2D eigenvalue weighted by molar-refractivity contribution is 0.149. The standard InChI is InChI=1S/C14H27N3O2/c1-10(2)17-14(13(19-6)8-16-17)12(15-4)7-11(3)9-18-5/h8,10-12,15H,7,9H2,1-6H3. The summed E-state index contributed by atoms with van der Waals surface area (Å²) in [5.74, 6) is 1.32. The number of nitrogens with one attached hydrogen (secondary N) is 1. The maximum atomic E-state index is 5.45. The van der Waals surface area contributed by atoms with Crippen molar-refractivity contribution in [3.63, 3.8) is 0 Å². The molecule has 1 N–H and O–H groups in total. The summed E-state index contributed by atoms with van der Waals surface area (Å²) >= 11 is 0. The second kappa shape index (κ2) is 7.50. The quantitative estimate of drug-likeness (QED) is 0.787. The predicted molar refractivity (Wildman–Crippen MR) is 76.6 cm³/mol. The van der Waals surface area contributed by atoms with Gasteiger partial charge in [0.05, 0.1) is 25.0 Å². The van der Waals surface area contributed by atoms with Gasteiger partial charge in [-0.2, -0.15) is 5.10 Å². The van der Waals surface area contributed by atoms with E-state index in [4.69, 9.17) is 9.47 Å². The molecule has 0 spiro atoms. The topological polar surface area (TPSA) is 48.3 Å². The zero-order valence-electron chi connectivity index (χ0n) is 12.9. The molecular formula is C14H27N3O2. The van der Waals surface area contributed by atoms with E-state index < -0.39 is 0 Å². The van der Waals surface area contributed by atoms with Crippen LogP contribution in [-0.2, 0) is 4.74 Å². The summed E-state index contributed by atoms with van der Waals surface area (Å²) in [4.78, 5) is 0. The van der Waals surface area contributed by atoms with E-state index in [1.807, 2.05) is 11.7 Å². The first-order valence-corrected chi connectivity index (χ1v) is 6.82. The van der Waals surface area contributed by atoms with E-state index in [1.54, 1.807) is 20.4 Å². The highest BCUT2D eigenvalue weighted by atomic mass is 16.5. The first-order valence-electron chi connectivity index (χ1n) is 6.82. The molecule has 0 saturated heterocycles. The van der Waals surface area contributed by atoms with Gasteiger partial charge < -0.3 is 14.8 Å². The largest absolute Gasteiger partial charge is 0.493 e. The Morgan fingerprint density at radius 2 is 2.00 bits per heavy atom. The smallest absolute Gasteiger partial charge is 0.161 e. The van der Waals surface area contributed by atoms with E-state index in [2.05, 4.69) is 31.2 Å². The monoisotopic (exact) mass is 269 g/mol. The molecule has 1 aromatic rings. The van der Waals surface area contributed by atoms with Crippen LogP contribution in [-0.4, -0.2) is 37.7 Å². The number of rotatable bonds is 8. The molecule has 110 valence electrons. The van der Waals surface area contributed by atoms with Gasteiger partial charge in [0, 0.05) is 19.8 Å². The fraction of sp³-hybridized carbons (Fsp3) is 0.786. The molecule has 0 aliphatic carbocycles. The molecule has 19 heavy (non-hydrogen) atoms. The molecule has 0 saturated carbocycles. The van der Waals surface area contributed by atoms with E-state index in [1.165, 1.54) is 0 Å². The molecule has 0 radical (unpaired) electrons. The van der Waals surface area contributed by atoms with E-state index in [-0.39, 0.29) is 6.04 Å². The van der Waals surface area contributed by atoms with Crippen molar-refractivity contribution in [3.8, 4) is 5.75 Å². The Kier molecular flexibility index (Phi) is 6.31. The molecule has 0 amide bonds. The van der Waals surface area contributed by atoms with Gasteiger partial charge >= 0.3 is 0 Å². The van der Waals surface area contributed by atoms with Crippen LogP contribution in [0.1, 0.15) is 45.0 Å². The van der Waals surface area contributed by atoms with Crippen LogP contribution in [0.5, 0.6) is 5.75 Å². The van der Waals surface area contributed by atoms with Crippen molar-refractivity contribution in [1.82, 2.24) is 15.1 Å². The van der Waals surface area contributed by atoms with Crippen LogP contribution in [0.15, 0.2) is 6.20 Å². The second-order valence-corrected chi connectivity index (χ2v) is 5.27. The van der Waals surface area contributed by atoms with Gasteiger partial charge in [0.2, 0.25) is 0 Å². The van der Waals surface area contributed by atoms with Crippen LogP contribution >= 0.6 is 0 Å². The third kappa shape index (κ3) is 3.94. The molecule has 1 rings (SSSR count). The summed E-state index contributed by atoms with van der Waals surface area (Å²) in [7, 11) is 5.40. The average molecular weight is 269 g/mol. The van der Waals surface area contributed by atoms with Crippen molar-refractivity contribution >= 4 is 0 Å². The van der Waals surface area contributed by atoms with Gasteiger partial charge in [-0.05, 0) is 33.2 Å². The zero-order valence-corrected chi connectivity index (χ0v) is 12.9. The van der Waals surface area contributed by atoms with Gasteiger partial charge in [0.25, 0.3) is 0 Å². The molecule has 0 aliphatic heterocycles. The van der Waals surface area contributed by atoms with Crippen molar-refractivity contribution < 1.29 is 9.47 Å². The van der Waals surface area contributed by atoms with E-state index >= 15 is 0 Å². The number of hydrogen-bond donors (Lipinski definition) is 1. The van der Waals surface area contributed by atoms with Crippen LogP contribution in [0.4, 0.5) is 0 Å². The van der Waals surface area contributed by atoms with Gasteiger partial charge in [-0.15, -0.1) is 0 Å². The van der Waals surface area contributed by atoms with Gasteiger partial charge in [-0.1, -0.05) is 6.92 Å². The maximum Gasteiger partial charge on any atom is 0.161 e. The number of ether oxygens (including phenoxy) is 2. The number of nitrogens with zero attached hydrogens (tertiary/aromatic N) is 2. The minimum Gasteiger partial charge on any atom is -0.493 e. The minimum atomic E-state index is 0.213. The van der Waals surface area contributed by atoms with E-state index in [9.17, 15) is 0 Å². The molecule has 0 bridgehead atoms. The van der Waals surface area contributed by atoms with Crippen LogP contribution in [0.2, 0.25) is 0 Å². The molecule has 1 aromatic heterocycles. The third-order valence-electron chi connectivity index (χ3n) is 3.28. The Bertz CT molecular complexity index is 377. The fourth-order valence-corrected chi connectivity index (χ4v) is 2.38. The predicted octanol–water partition coefficient (Wildman–Crippen LogP) is 2.41. The lowest BCUT2D eigenvalue weighted by Gasteiger charge is -2.23. The van der Waals surface area contributed by atoms with Gasteiger partial charge in [0.15, 0.2) is 5.75 Å². The summed E-state index contributed by atoms with van der Waals surface area (Å²) in [5, 5.41) is 7.80. The molecule has 2 unspecified atom stereocenters. The Balaban J connectivity index is 2.98. The van der Waals surface area contributed by atoms with Gasteiger partial charge in [-0.25, -0.2) is 0 Å². The van der Waals surface area contributed by atoms with Crippen LogP contribution in [0.3, 0.4) is 0 Å². The summed E-state index contributed by atoms with van der Waals surface area (Å²) in [5.41, 5.74) is 1.11. The molecule has 5 heteroatoms. The normalized spacial score (nSPS) is 14.7. The molecule has 0 fully saturated rings. The number of aromatic nitrogens is 2. The highest BCUT2D eigenvalue weighted by Crippen LogP contribution is 2.31. The second-order valence-electron chi connectivity index (χ2n) is 5.27. The maximum absolute atomic E-state index is 5.45. The van der Waals surface area contributed by atoms with Gasteiger partial charge in [0.1, 0.15) is 0 Å². The first-order chi connectivity index (χ1) is 9.04. The van der Waals surface area contributed by atoms with Crippen molar-refractivity contribution in [2.24, 2.45) is 5.92 Å². The highest BCUT2D eigenvalue weighted by Gasteiger charge is 2.23. The first kappa shape index (κ1) is 16.0. The number of methoxy groups -OCH3 is 2. The van der Waals surface area contributed by atoms with E-state index in [0.29, 0.717) is 12.0 Å². The molecule has 1 heterocycles. The average Bonchev–Trinajstić information content (AvgIpc) is 2.80. The summed E-state index contributed by atoms with van der Waals surface area (Å²) in [6.07, 6.45) is 2.78. The van der Waals surface area contributed by atoms with Crippen molar-refractivity contribution in [3.05, 3.63) is 11.9 Å². The minimum absolute atomic E-state index is 0.213. The Labute approximate surface area is 116 Å². The lowest BCUT2D eigenvalue weighted by atomic mass is 9.99. The van der Waals surface area contributed by atoms with Crippen molar-refractivity contribution in [2.45, 2.75) is 39.3 Å². The van der Waals surface area contributed by atoms with Crippen LogP contribution in [0.25, 0.3) is 0 Å². The van der Waals surface area contributed by atoms with Crippen molar-refractivity contribution in [2.75, 3.05) is 27.9 Å².